The van der Waals surface area contributed by atoms with Crippen LogP contribution in [0.1, 0.15) is 6.92 Å². The van der Waals surface area contributed by atoms with E-state index >= 15 is 0 Å². The number of anilines is 1. The fraction of sp³-hybridized carbons (Fsp3) is 0.333. The predicted octanol–water partition coefficient (Wildman–Crippen LogP) is 0.248. The molecule has 2 heterocycles. The van der Waals surface area contributed by atoms with Crippen LogP contribution in [0.15, 0.2) is 12.5 Å². The summed E-state index contributed by atoms with van der Waals surface area (Å²) in [6.07, 6.45) is 2.98. The van der Waals surface area contributed by atoms with Gasteiger partial charge in [-0.3, -0.25) is 9.48 Å². The van der Waals surface area contributed by atoms with Crippen LogP contribution in [0, 0.1) is 0 Å². The zero-order valence-electron chi connectivity index (χ0n) is 8.88. The van der Waals surface area contributed by atoms with Crippen molar-refractivity contribution < 1.29 is 9.90 Å². The van der Waals surface area contributed by atoms with E-state index in [1.807, 2.05) is 0 Å². The van der Waals surface area contributed by atoms with E-state index in [1.165, 1.54) is 6.33 Å². The largest absolute Gasteiger partial charge is 0.480 e. The second-order valence-electron chi connectivity index (χ2n) is 3.43. The minimum atomic E-state index is -0.935. The predicted molar refractivity (Wildman–Crippen MR) is 57.0 cm³/mol. The number of rotatable bonds is 3. The van der Waals surface area contributed by atoms with Crippen molar-refractivity contribution in [1.82, 2.24) is 19.7 Å². The minimum Gasteiger partial charge on any atom is -0.480 e. The van der Waals surface area contributed by atoms with Gasteiger partial charge in [0.2, 0.25) is 0 Å². The molecular weight excluding hydrogens is 210 g/mol. The van der Waals surface area contributed by atoms with E-state index in [1.54, 1.807) is 24.9 Å². The molecule has 2 aromatic heterocycles. The van der Waals surface area contributed by atoms with Gasteiger partial charge in [0.15, 0.2) is 5.65 Å². The van der Waals surface area contributed by atoms with Gasteiger partial charge < -0.3 is 10.4 Å². The molecule has 0 unspecified atom stereocenters. The molecule has 7 heteroatoms. The standard InChI is InChI=1S/C9H11N5O2/c1-5(9(15)16)13-7-6-3-12-14(2)8(6)11-4-10-7/h3-5H,1-2H3,(H,15,16)(H,10,11,13)/t5-/m0/s1. The maximum absolute atomic E-state index is 10.7. The van der Waals surface area contributed by atoms with Crippen LogP contribution in [-0.4, -0.2) is 36.9 Å². The Morgan fingerprint density at radius 1 is 1.56 bits per heavy atom. The second kappa shape index (κ2) is 3.76. The lowest BCUT2D eigenvalue weighted by Crippen LogP contribution is -2.26. The van der Waals surface area contributed by atoms with Crippen LogP contribution in [0.4, 0.5) is 5.82 Å². The summed E-state index contributed by atoms with van der Waals surface area (Å²) in [5, 5.41) is 16.3. The smallest absolute Gasteiger partial charge is 0.325 e. The van der Waals surface area contributed by atoms with Crippen molar-refractivity contribution in [3.8, 4) is 0 Å². The van der Waals surface area contributed by atoms with Gasteiger partial charge in [0.05, 0.1) is 11.6 Å². The zero-order valence-corrected chi connectivity index (χ0v) is 8.88. The summed E-state index contributed by atoms with van der Waals surface area (Å²) in [5.74, 6) is -0.455. The normalized spacial score (nSPS) is 12.6. The highest BCUT2D eigenvalue weighted by atomic mass is 16.4. The van der Waals surface area contributed by atoms with E-state index in [0.29, 0.717) is 16.9 Å². The van der Waals surface area contributed by atoms with Crippen LogP contribution in [0.3, 0.4) is 0 Å². The van der Waals surface area contributed by atoms with Crippen LogP contribution in [0.25, 0.3) is 11.0 Å². The van der Waals surface area contributed by atoms with E-state index in [9.17, 15) is 4.79 Å². The first-order valence-corrected chi connectivity index (χ1v) is 4.71. The number of hydrogen-bond acceptors (Lipinski definition) is 5. The van der Waals surface area contributed by atoms with Gasteiger partial charge in [-0.1, -0.05) is 0 Å². The highest BCUT2D eigenvalue weighted by Gasteiger charge is 2.14. The third-order valence-corrected chi connectivity index (χ3v) is 2.25. The number of aliphatic carboxylic acids is 1. The molecule has 84 valence electrons. The van der Waals surface area contributed by atoms with Crippen molar-refractivity contribution in [1.29, 1.82) is 0 Å². The first-order chi connectivity index (χ1) is 7.59. The number of nitrogens with zero attached hydrogens (tertiary/aromatic N) is 4. The average molecular weight is 221 g/mol. The topological polar surface area (TPSA) is 92.9 Å². The molecule has 0 amide bonds. The molecule has 2 aromatic rings. The van der Waals surface area contributed by atoms with Crippen LogP contribution in [-0.2, 0) is 11.8 Å². The van der Waals surface area contributed by atoms with Crippen LogP contribution < -0.4 is 5.32 Å². The molecule has 0 spiro atoms. The van der Waals surface area contributed by atoms with E-state index in [2.05, 4.69) is 20.4 Å². The summed E-state index contributed by atoms with van der Waals surface area (Å²) in [5.41, 5.74) is 0.662. The summed E-state index contributed by atoms with van der Waals surface area (Å²) in [7, 11) is 1.76. The van der Waals surface area contributed by atoms with Gasteiger partial charge >= 0.3 is 5.97 Å². The van der Waals surface area contributed by atoms with Crippen molar-refractivity contribution in [2.75, 3.05) is 5.32 Å². The van der Waals surface area contributed by atoms with Gasteiger partial charge in [-0.25, -0.2) is 9.97 Å². The molecule has 16 heavy (non-hydrogen) atoms. The van der Waals surface area contributed by atoms with Gasteiger partial charge in [0.1, 0.15) is 18.2 Å². The molecule has 2 N–H and O–H groups in total. The van der Waals surface area contributed by atoms with Crippen LogP contribution >= 0.6 is 0 Å². The summed E-state index contributed by atoms with van der Waals surface area (Å²) < 4.78 is 1.60. The number of hydrogen-bond donors (Lipinski definition) is 2. The molecule has 0 fully saturated rings. The van der Waals surface area contributed by atoms with Gasteiger partial charge in [0.25, 0.3) is 0 Å². The van der Waals surface area contributed by atoms with Crippen LogP contribution in [0.2, 0.25) is 0 Å². The molecule has 0 aromatic carbocycles. The SMILES string of the molecule is C[C@H](Nc1ncnc2c1cnn2C)C(=O)O. The van der Waals surface area contributed by atoms with Gasteiger partial charge in [-0.15, -0.1) is 0 Å². The molecule has 0 aliphatic carbocycles. The Balaban J connectivity index is 2.41. The first kappa shape index (κ1) is 10.3. The lowest BCUT2D eigenvalue weighted by Gasteiger charge is -2.09. The maximum Gasteiger partial charge on any atom is 0.325 e. The summed E-state index contributed by atoms with van der Waals surface area (Å²) in [6.45, 7) is 1.55. The fourth-order valence-electron chi connectivity index (χ4n) is 1.34. The fourth-order valence-corrected chi connectivity index (χ4v) is 1.34. The number of carbonyl (C=O) groups is 1. The Hall–Kier alpha value is -2.18. The van der Waals surface area contributed by atoms with Crippen molar-refractivity contribution >= 4 is 22.8 Å². The van der Waals surface area contributed by atoms with E-state index in [0.717, 1.165) is 0 Å². The van der Waals surface area contributed by atoms with Gasteiger partial charge in [0, 0.05) is 7.05 Å². The molecule has 2 rings (SSSR count). The molecule has 0 radical (unpaired) electrons. The van der Waals surface area contributed by atoms with Crippen molar-refractivity contribution in [3.63, 3.8) is 0 Å². The highest BCUT2D eigenvalue weighted by molar-refractivity contribution is 5.88. The molecule has 7 nitrogen and oxygen atoms in total. The van der Waals surface area contributed by atoms with E-state index in [4.69, 9.17) is 5.11 Å². The number of carboxylic acid groups (broad SMARTS) is 1. The lowest BCUT2D eigenvalue weighted by molar-refractivity contribution is -0.137. The third-order valence-electron chi connectivity index (χ3n) is 2.25. The number of carboxylic acids is 1. The monoisotopic (exact) mass is 221 g/mol. The summed E-state index contributed by atoms with van der Waals surface area (Å²) in [6, 6.07) is -0.710. The highest BCUT2D eigenvalue weighted by Crippen LogP contribution is 2.18. The number of aromatic nitrogens is 4. The Morgan fingerprint density at radius 2 is 2.31 bits per heavy atom. The van der Waals surface area contributed by atoms with E-state index in [-0.39, 0.29) is 0 Å². The van der Waals surface area contributed by atoms with E-state index < -0.39 is 12.0 Å². The Kier molecular flexibility index (Phi) is 2.43. The third kappa shape index (κ3) is 1.67. The number of aryl methyl sites for hydroxylation is 1. The molecule has 1 atom stereocenters. The minimum absolute atomic E-state index is 0.480. The quantitative estimate of drug-likeness (QED) is 0.771. The molecule has 0 saturated heterocycles. The zero-order chi connectivity index (χ0) is 11.7. The number of nitrogens with one attached hydrogen (secondary N) is 1. The van der Waals surface area contributed by atoms with Crippen LogP contribution in [0.5, 0.6) is 0 Å². The average Bonchev–Trinajstić information content (AvgIpc) is 2.62. The van der Waals surface area contributed by atoms with Crippen molar-refractivity contribution in [2.45, 2.75) is 13.0 Å². The lowest BCUT2D eigenvalue weighted by atomic mass is 10.3. The van der Waals surface area contributed by atoms with Gasteiger partial charge in [-0.05, 0) is 6.92 Å². The summed E-state index contributed by atoms with van der Waals surface area (Å²) >= 11 is 0. The molecule has 0 aliphatic heterocycles. The Labute approximate surface area is 91.1 Å². The van der Waals surface area contributed by atoms with Crippen molar-refractivity contribution in [3.05, 3.63) is 12.5 Å². The summed E-state index contributed by atoms with van der Waals surface area (Å²) in [4.78, 5) is 18.8. The molecule has 0 aliphatic rings. The van der Waals surface area contributed by atoms with Crippen molar-refractivity contribution in [2.24, 2.45) is 7.05 Å². The second-order valence-corrected chi connectivity index (χ2v) is 3.43. The first-order valence-electron chi connectivity index (χ1n) is 4.71. The Bertz CT molecular complexity index is 536. The molecule has 0 bridgehead atoms. The molecule has 0 saturated carbocycles. The Morgan fingerprint density at radius 3 is 3.00 bits per heavy atom. The maximum atomic E-state index is 10.7. The molecular formula is C9H11N5O2. The number of fused-ring (bicyclic) bond motifs is 1. The van der Waals surface area contributed by atoms with Gasteiger partial charge in [-0.2, -0.15) is 5.10 Å².